The normalized spacial score (nSPS) is 21.5. The second-order valence-corrected chi connectivity index (χ2v) is 5.57. The number of nitrogens with one attached hydrogen (secondary N) is 2. The topological polar surface area (TPSA) is 72.5 Å². The van der Waals surface area contributed by atoms with Gasteiger partial charge in [0.15, 0.2) is 0 Å². The SMILES string of the molecule is C=CC[C@H](CC)NC(=O)N[C@H]1CCO[C@@H]1c1ccc(OC)nc1. The minimum atomic E-state index is -0.182. The van der Waals surface area contributed by atoms with Crippen molar-refractivity contribution < 1.29 is 14.3 Å². The van der Waals surface area contributed by atoms with Gasteiger partial charge in [0.05, 0.1) is 13.2 Å². The van der Waals surface area contributed by atoms with Crippen molar-refractivity contribution in [1.82, 2.24) is 15.6 Å². The molecule has 0 aliphatic carbocycles. The second kappa shape index (κ2) is 8.53. The zero-order chi connectivity index (χ0) is 16.7. The molecular weight excluding hydrogens is 294 g/mol. The van der Waals surface area contributed by atoms with Crippen LogP contribution in [0.3, 0.4) is 0 Å². The van der Waals surface area contributed by atoms with Gasteiger partial charge in [-0.2, -0.15) is 0 Å². The molecule has 2 N–H and O–H groups in total. The van der Waals surface area contributed by atoms with Crippen LogP contribution in [0.25, 0.3) is 0 Å². The maximum atomic E-state index is 12.2. The van der Waals surface area contributed by atoms with Crippen molar-refractivity contribution in [1.29, 1.82) is 0 Å². The first-order valence-corrected chi connectivity index (χ1v) is 7.97. The van der Waals surface area contributed by atoms with Crippen molar-refractivity contribution in [2.24, 2.45) is 0 Å². The molecule has 126 valence electrons. The molecule has 0 spiro atoms. The van der Waals surface area contributed by atoms with E-state index in [4.69, 9.17) is 9.47 Å². The van der Waals surface area contributed by atoms with E-state index in [1.165, 1.54) is 0 Å². The number of ether oxygens (including phenoxy) is 2. The predicted octanol–water partition coefficient (Wildman–Crippen LogP) is 2.57. The van der Waals surface area contributed by atoms with Crippen molar-refractivity contribution in [3.8, 4) is 5.88 Å². The predicted molar refractivity (Wildman–Crippen MR) is 88.4 cm³/mol. The van der Waals surface area contributed by atoms with Crippen molar-refractivity contribution in [2.45, 2.75) is 44.4 Å². The van der Waals surface area contributed by atoms with Crippen LogP contribution in [0, 0.1) is 0 Å². The van der Waals surface area contributed by atoms with Crippen molar-refractivity contribution >= 4 is 6.03 Å². The molecule has 0 aromatic carbocycles. The van der Waals surface area contributed by atoms with E-state index in [2.05, 4.69) is 22.2 Å². The molecular formula is C17H25N3O3. The van der Waals surface area contributed by atoms with Gasteiger partial charge in [0, 0.05) is 30.5 Å². The van der Waals surface area contributed by atoms with Crippen LogP contribution in [-0.2, 0) is 4.74 Å². The van der Waals surface area contributed by atoms with Gasteiger partial charge in [0.2, 0.25) is 5.88 Å². The zero-order valence-electron chi connectivity index (χ0n) is 13.7. The molecule has 2 amide bonds. The highest BCUT2D eigenvalue weighted by atomic mass is 16.5. The lowest BCUT2D eigenvalue weighted by atomic mass is 10.0. The summed E-state index contributed by atoms with van der Waals surface area (Å²) in [4.78, 5) is 16.4. The molecule has 2 rings (SSSR count). The minimum Gasteiger partial charge on any atom is -0.481 e. The van der Waals surface area contributed by atoms with E-state index in [9.17, 15) is 4.79 Å². The van der Waals surface area contributed by atoms with Crippen molar-refractivity contribution in [2.75, 3.05) is 13.7 Å². The number of hydrogen-bond acceptors (Lipinski definition) is 4. The van der Waals surface area contributed by atoms with Gasteiger partial charge in [-0.3, -0.25) is 0 Å². The quantitative estimate of drug-likeness (QED) is 0.758. The maximum Gasteiger partial charge on any atom is 0.315 e. The van der Waals surface area contributed by atoms with Crippen LogP contribution < -0.4 is 15.4 Å². The number of pyridine rings is 1. The molecule has 23 heavy (non-hydrogen) atoms. The molecule has 0 radical (unpaired) electrons. The molecule has 6 heteroatoms. The fourth-order valence-corrected chi connectivity index (χ4v) is 2.67. The second-order valence-electron chi connectivity index (χ2n) is 5.57. The van der Waals surface area contributed by atoms with Crippen LogP contribution in [-0.4, -0.2) is 36.8 Å². The first-order valence-electron chi connectivity index (χ1n) is 7.97. The summed E-state index contributed by atoms with van der Waals surface area (Å²) in [5, 5.41) is 5.98. The van der Waals surface area contributed by atoms with Gasteiger partial charge < -0.3 is 20.1 Å². The number of carbonyl (C=O) groups excluding carboxylic acids is 1. The number of aromatic nitrogens is 1. The summed E-state index contributed by atoms with van der Waals surface area (Å²) in [6.07, 6.45) is 5.78. The average Bonchev–Trinajstić information content (AvgIpc) is 3.02. The maximum absolute atomic E-state index is 12.2. The van der Waals surface area contributed by atoms with Crippen LogP contribution in [0.15, 0.2) is 31.0 Å². The Hall–Kier alpha value is -2.08. The highest BCUT2D eigenvalue weighted by molar-refractivity contribution is 5.74. The number of urea groups is 1. The monoisotopic (exact) mass is 319 g/mol. The Morgan fingerprint density at radius 1 is 1.61 bits per heavy atom. The Kier molecular flexibility index (Phi) is 6.40. The Morgan fingerprint density at radius 2 is 2.43 bits per heavy atom. The Morgan fingerprint density at radius 3 is 3.04 bits per heavy atom. The van der Waals surface area contributed by atoms with Gasteiger partial charge in [-0.15, -0.1) is 6.58 Å². The standard InChI is InChI=1S/C17H25N3O3/c1-4-6-13(5-2)19-17(21)20-14-9-10-23-16(14)12-7-8-15(22-3)18-11-12/h4,7-8,11,13-14,16H,1,5-6,9-10H2,2-3H3,(H2,19,20,21)/t13-,14-,16+/m0/s1. The Bertz CT molecular complexity index is 518. The molecule has 0 unspecified atom stereocenters. The Labute approximate surface area is 137 Å². The molecule has 2 heterocycles. The van der Waals surface area contributed by atoms with Gasteiger partial charge in [0.1, 0.15) is 6.10 Å². The van der Waals surface area contributed by atoms with Gasteiger partial charge >= 0.3 is 6.03 Å². The molecule has 1 fully saturated rings. The van der Waals surface area contributed by atoms with Crippen LogP contribution in [0.1, 0.15) is 37.9 Å². The molecule has 1 aromatic rings. The summed E-state index contributed by atoms with van der Waals surface area (Å²) in [6.45, 7) is 6.37. The smallest absolute Gasteiger partial charge is 0.315 e. The van der Waals surface area contributed by atoms with E-state index in [1.54, 1.807) is 19.4 Å². The lowest BCUT2D eigenvalue weighted by Gasteiger charge is -2.22. The first-order chi connectivity index (χ1) is 11.2. The fourth-order valence-electron chi connectivity index (χ4n) is 2.67. The van der Waals surface area contributed by atoms with E-state index in [0.717, 1.165) is 24.8 Å². The molecule has 1 aliphatic heterocycles. The van der Waals surface area contributed by atoms with E-state index in [0.29, 0.717) is 12.5 Å². The summed E-state index contributed by atoms with van der Waals surface area (Å²) >= 11 is 0. The van der Waals surface area contributed by atoms with Gasteiger partial charge in [-0.25, -0.2) is 9.78 Å². The first kappa shape index (κ1) is 17.3. The molecule has 1 aliphatic rings. The molecule has 1 saturated heterocycles. The largest absolute Gasteiger partial charge is 0.481 e. The summed E-state index contributed by atoms with van der Waals surface area (Å²) in [7, 11) is 1.58. The molecule has 6 nitrogen and oxygen atoms in total. The van der Waals surface area contributed by atoms with Gasteiger partial charge in [-0.05, 0) is 25.3 Å². The number of rotatable bonds is 7. The summed E-state index contributed by atoms with van der Waals surface area (Å²) in [6, 6.07) is 3.59. The van der Waals surface area contributed by atoms with E-state index < -0.39 is 0 Å². The number of nitrogens with zero attached hydrogens (tertiary/aromatic N) is 1. The van der Waals surface area contributed by atoms with E-state index in [-0.39, 0.29) is 24.2 Å². The van der Waals surface area contributed by atoms with Crippen molar-refractivity contribution in [3.05, 3.63) is 36.5 Å². The van der Waals surface area contributed by atoms with Crippen LogP contribution in [0.4, 0.5) is 4.79 Å². The summed E-state index contributed by atoms with van der Waals surface area (Å²) in [5.74, 6) is 0.559. The van der Waals surface area contributed by atoms with E-state index >= 15 is 0 Å². The average molecular weight is 319 g/mol. The fraction of sp³-hybridized carbons (Fsp3) is 0.529. The molecule has 3 atom stereocenters. The van der Waals surface area contributed by atoms with Crippen molar-refractivity contribution in [3.63, 3.8) is 0 Å². The number of methoxy groups -OCH3 is 1. The van der Waals surface area contributed by atoms with Crippen LogP contribution >= 0.6 is 0 Å². The van der Waals surface area contributed by atoms with Gasteiger partial charge in [0.25, 0.3) is 0 Å². The van der Waals surface area contributed by atoms with Gasteiger partial charge in [-0.1, -0.05) is 13.0 Å². The summed E-state index contributed by atoms with van der Waals surface area (Å²) < 4.78 is 10.8. The zero-order valence-corrected chi connectivity index (χ0v) is 13.7. The Balaban J connectivity index is 1.95. The third-order valence-electron chi connectivity index (χ3n) is 3.98. The number of amides is 2. The molecule has 1 aromatic heterocycles. The third kappa shape index (κ3) is 4.69. The number of carbonyl (C=O) groups is 1. The molecule has 0 bridgehead atoms. The highest BCUT2D eigenvalue weighted by Crippen LogP contribution is 2.29. The lowest BCUT2D eigenvalue weighted by Crippen LogP contribution is -2.46. The summed E-state index contributed by atoms with van der Waals surface area (Å²) in [5.41, 5.74) is 0.937. The van der Waals surface area contributed by atoms with Crippen LogP contribution in [0.2, 0.25) is 0 Å². The highest BCUT2D eigenvalue weighted by Gasteiger charge is 2.31. The number of hydrogen-bond donors (Lipinski definition) is 2. The minimum absolute atomic E-state index is 0.0635. The lowest BCUT2D eigenvalue weighted by molar-refractivity contribution is 0.0994. The third-order valence-corrected chi connectivity index (χ3v) is 3.98. The molecule has 0 saturated carbocycles. The van der Waals surface area contributed by atoms with E-state index in [1.807, 2.05) is 19.1 Å². The van der Waals surface area contributed by atoms with Crippen LogP contribution in [0.5, 0.6) is 5.88 Å².